The molecule has 1 aromatic carbocycles. The smallest absolute Gasteiger partial charge is 0.332 e. The number of nitrogens with one attached hydrogen (secondary N) is 1. The molecule has 0 amide bonds. The standard InChI is InChI=1S/C26H33N7O3/c1-5-6-14-32-21-22(29-24(32)31-13-9-10-17(27)15-31)30(4)25(35)33(23(21)34)16-20-26(2,3)36-19-12-8-7-11-18(19)28-20/h7-8,11-12,17,24,29H,9-10,13-16,27H2,1-4H3. The monoisotopic (exact) mass is 491 g/mol. The summed E-state index contributed by atoms with van der Waals surface area (Å²) in [5.74, 6) is 7.20. The van der Waals surface area contributed by atoms with Crippen LogP contribution < -0.4 is 31.9 Å². The lowest BCUT2D eigenvalue weighted by Crippen LogP contribution is -2.56. The molecule has 3 aliphatic rings. The fourth-order valence-corrected chi connectivity index (χ4v) is 5.14. The first kappa shape index (κ1) is 24.2. The van der Waals surface area contributed by atoms with E-state index in [1.807, 2.05) is 43.0 Å². The van der Waals surface area contributed by atoms with Crippen LogP contribution in [0.2, 0.25) is 0 Å². The number of rotatable bonds is 4. The van der Waals surface area contributed by atoms with Crippen molar-refractivity contribution < 1.29 is 4.74 Å². The molecule has 1 aromatic heterocycles. The maximum Gasteiger partial charge on any atom is 0.332 e. The molecule has 0 saturated carbocycles. The fraction of sp³-hybridized carbons (Fsp3) is 0.500. The molecule has 1 fully saturated rings. The van der Waals surface area contributed by atoms with Crippen molar-refractivity contribution in [3.05, 3.63) is 45.1 Å². The third-order valence-electron chi connectivity index (χ3n) is 7.12. The predicted octanol–water partition coefficient (Wildman–Crippen LogP) is 1.45. The first-order valence-electron chi connectivity index (χ1n) is 12.3. The summed E-state index contributed by atoms with van der Waals surface area (Å²) < 4.78 is 8.92. The molecule has 0 bridgehead atoms. The highest BCUT2D eigenvalue weighted by Crippen LogP contribution is 2.36. The zero-order valence-electron chi connectivity index (χ0n) is 21.2. The molecule has 5 rings (SSSR count). The number of hydrogen-bond acceptors (Lipinski definition) is 8. The van der Waals surface area contributed by atoms with E-state index >= 15 is 0 Å². The molecule has 0 spiro atoms. The molecular weight excluding hydrogens is 458 g/mol. The van der Waals surface area contributed by atoms with E-state index in [0.717, 1.165) is 19.4 Å². The summed E-state index contributed by atoms with van der Waals surface area (Å²) in [7, 11) is 1.68. The Balaban J connectivity index is 1.58. The number of nitrogens with zero attached hydrogens (tertiary/aromatic N) is 5. The number of aromatic nitrogens is 2. The summed E-state index contributed by atoms with van der Waals surface area (Å²) in [6.45, 7) is 7.48. The van der Waals surface area contributed by atoms with Gasteiger partial charge in [-0.1, -0.05) is 18.1 Å². The number of nitrogens with two attached hydrogens (primary N) is 1. The van der Waals surface area contributed by atoms with Gasteiger partial charge in [0.1, 0.15) is 28.5 Å². The van der Waals surface area contributed by atoms with Gasteiger partial charge in [0.15, 0.2) is 6.29 Å². The van der Waals surface area contributed by atoms with E-state index in [1.54, 1.807) is 14.0 Å². The van der Waals surface area contributed by atoms with Crippen LogP contribution in [-0.4, -0.2) is 57.3 Å². The van der Waals surface area contributed by atoms with Crippen LogP contribution in [0.15, 0.2) is 38.8 Å². The van der Waals surface area contributed by atoms with E-state index in [9.17, 15) is 9.59 Å². The summed E-state index contributed by atoms with van der Waals surface area (Å²) in [5.41, 5.74) is 6.39. The van der Waals surface area contributed by atoms with Crippen LogP contribution in [0.1, 0.15) is 33.6 Å². The lowest BCUT2D eigenvalue weighted by Gasteiger charge is -2.39. The van der Waals surface area contributed by atoms with Crippen LogP contribution in [-0.2, 0) is 13.6 Å². The maximum absolute atomic E-state index is 13.9. The number of likely N-dealkylation sites (tertiary alicyclic amines) is 1. The van der Waals surface area contributed by atoms with Crippen LogP contribution >= 0.6 is 0 Å². The van der Waals surface area contributed by atoms with Crippen LogP contribution in [0, 0.1) is 11.8 Å². The Morgan fingerprint density at radius 1 is 1.28 bits per heavy atom. The second kappa shape index (κ2) is 9.15. The maximum atomic E-state index is 13.9. The normalized spacial score (nSPS) is 22.5. The molecule has 4 heterocycles. The van der Waals surface area contributed by atoms with E-state index in [0.29, 0.717) is 41.7 Å². The van der Waals surface area contributed by atoms with E-state index < -0.39 is 11.3 Å². The molecule has 1 saturated heterocycles. The minimum atomic E-state index is -0.782. The predicted molar refractivity (Wildman–Crippen MR) is 141 cm³/mol. The highest BCUT2D eigenvalue weighted by atomic mass is 16.5. The topological polar surface area (TPSA) is 110 Å². The van der Waals surface area contributed by atoms with Crippen molar-refractivity contribution in [2.45, 2.75) is 58.1 Å². The number of piperidine rings is 1. The van der Waals surface area contributed by atoms with Crippen molar-refractivity contribution in [1.82, 2.24) is 14.0 Å². The quantitative estimate of drug-likeness (QED) is 0.623. The molecule has 2 atom stereocenters. The summed E-state index contributed by atoms with van der Waals surface area (Å²) in [4.78, 5) is 36.3. The number of benzene rings is 1. The van der Waals surface area contributed by atoms with Gasteiger partial charge in [-0.15, -0.1) is 5.92 Å². The number of ether oxygens (including phenoxy) is 1. The number of hydrogen-bond donors (Lipinski definition) is 2. The number of fused-ring (bicyclic) bond motifs is 2. The first-order valence-corrected chi connectivity index (χ1v) is 12.3. The molecule has 2 unspecified atom stereocenters. The van der Waals surface area contributed by atoms with Gasteiger partial charge >= 0.3 is 5.69 Å². The lowest BCUT2D eigenvalue weighted by atomic mass is 10.00. The lowest BCUT2D eigenvalue weighted by molar-refractivity contribution is 0.165. The Morgan fingerprint density at radius 2 is 2.06 bits per heavy atom. The van der Waals surface area contributed by atoms with Gasteiger partial charge in [0, 0.05) is 26.2 Å². The molecule has 10 nitrogen and oxygen atoms in total. The first-order chi connectivity index (χ1) is 17.2. The minimum absolute atomic E-state index is 0.0205. The molecule has 3 N–H and O–H groups in total. The molecule has 3 aliphatic heterocycles. The molecule has 2 aromatic rings. The molecule has 36 heavy (non-hydrogen) atoms. The third kappa shape index (κ3) is 4.08. The van der Waals surface area contributed by atoms with E-state index in [-0.39, 0.29) is 24.4 Å². The second-order valence-corrected chi connectivity index (χ2v) is 10.0. The minimum Gasteiger partial charge on any atom is -0.480 e. The Kier molecular flexibility index (Phi) is 6.14. The molecule has 10 heteroatoms. The number of para-hydroxylation sites is 2. The van der Waals surface area contributed by atoms with Crippen molar-refractivity contribution in [2.75, 3.05) is 29.9 Å². The van der Waals surface area contributed by atoms with Crippen LogP contribution in [0.4, 0.5) is 17.2 Å². The van der Waals surface area contributed by atoms with Gasteiger partial charge in [0.2, 0.25) is 0 Å². The average molecular weight is 492 g/mol. The molecule has 190 valence electrons. The molecule has 0 radical (unpaired) electrons. The van der Waals surface area contributed by atoms with Gasteiger partial charge in [-0.25, -0.2) is 9.79 Å². The zero-order valence-corrected chi connectivity index (χ0v) is 21.2. The Labute approximate surface area is 210 Å². The average Bonchev–Trinajstić information content (AvgIpc) is 3.23. The highest BCUT2D eigenvalue weighted by Gasteiger charge is 2.40. The van der Waals surface area contributed by atoms with Crippen molar-refractivity contribution >= 4 is 22.9 Å². The summed E-state index contributed by atoms with van der Waals surface area (Å²) in [5, 5.41) is 3.42. The number of anilines is 2. The molecular formula is C26H33N7O3. The van der Waals surface area contributed by atoms with Gasteiger partial charge in [-0.3, -0.25) is 18.8 Å². The van der Waals surface area contributed by atoms with Gasteiger partial charge in [-0.2, -0.15) is 0 Å². The summed E-state index contributed by atoms with van der Waals surface area (Å²) >= 11 is 0. The van der Waals surface area contributed by atoms with E-state index in [2.05, 4.69) is 22.1 Å². The van der Waals surface area contributed by atoms with Gasteiger partial charge in [-0.05, 0) is 45.7 Å². The Morgan fingerprint density at radius 3 is 2.81 bits per heavy atom. The second-order valence-electron chi connectivity index (χ2n) is 10.0. The fourth-order valence-electron chi connectivity index (χ4n) is 5.14. The van der Waals surface area contributed by atoms with Crippen LogP contribution in [0.3, 0.4) is 0 Å². The summed E-state index contributed by atoms with van der Waals surface area (Å²) in [6, 6.07) is 7.56. The largest absolute Gasteiger partial charge is 0.480 e. The summed E-state index contributed by atoms with van der Waals surface area (Å²) in [6.07, 6.45) is 1.64. The van der Waals surface area contributed by atoms with E-state index in [4.69, 9.17) is 15.5 Å². The SMILES string of the molecule is CC#CCN1c2c(n(C)c(=O)n(CC3=Nc4ccccc4OC3(C)C)c2=O)NC1N1CCCC(N)C1. The van der Waals surface area contributed by atoms with Crippen molar-refractivity contribution in [1.29, 1.82) is 0 Å². The van der Waals surface area contributed by atoms with Gasteiger partial charge in [0.25, 0.3) is 5.56 Å². The van der Waals surface area contributed by atoms with Crippen molar-refractivity contribution in [3.63, 3.8) is 0 Å². The van der Waals surface area contributed by atoms with E-state index in [1.165, 1.54) is 9.13 Å². The van der Waals surface area contributed by atoms with Gasteiger partial charge < -0.3 is 20.7 Å². The van der Waals surface area contributed by atoms with Crippen molar-refractivity contribution in [3.8, 4) is 17.6 Å². The highest BCUT2D eigenvalue weighted by molar-refractivity contribution is 5.96. The van der Waals surface area contributed by atoms with Crippen LogP contribution in [0.5, 0.6) is 5.75 Å². The zero-order chi connectivity index (χ0) is 25.6. The van der Waals surface area contributed by atoms with Gasteiger partial charge in [0.05, 0.1) is 18.8 Å². The Hall–Kier alpha value is -3.55. The van der Waals surface area contributed by atoms with Crippen molar-refractivity contribution in [2.24, 2.45) is 17.8 Å². The molecule has 0 aliphatic carbocycles. The number of aliphatic imine (C=N–C) groups is 1. The third-order valence-corrected chi connectivity index (χ3v) is 7.12. The Bertz CT molecular complexity index is 1390. The van der Waals surface area contributed by atoms with Crippen LogP contribution in [0.25, 0.3) is 0 Å².